The van der Waals surface area contributed by atoms with Crippen molar-refractivity contribution in [2.24, 2.45) is 5.92 Å². The minimum absolute atomic E-state index is 0.102. The van der Waals surface area contributed by atoms with Crippen LogP contribution >= 0.6 is 0 Å². The van der Waals surface area contributed by atoms with Gasteiger partial charge in [0.15, 0.2) is 0 Å². The minimum atomic E-state index is -2.74. The quantitative estimate of drug-likeness (QED) is 0.525. The Labute approximate surface area is 181 Å². The molecule has 10 heteroatoms. The van der Waals surface area contributed by atoms with Gasteiger partial charge in [-0.05, 0) is 30.5 Å². The molecule has 8 nitrogen and oxygen atoms in total. The lowest BCUT2D eigenvalue weighted by atomic mass is 9.84. The van der Waals surface area contributed by atoms with E-state index in [1.54, 1.807) is 29.2 Å². The number of halogens is 2. The summed E-state index contributed by atoms with van der Waals surface area (Å²) in [7, 11) is 0. The Hall–Kier alpha value is -3.69. The number of rotatable bonds is 3. The highest BCUT2D eigenvalue weighted by Crippen LogP contribution is 2.35. The zero-order chi connectivity index (χ0) is 22.4. The van der Waals surface area contributed by atoms with Crippen molar-refractivity contribution in [3.8, 4) is 5.75 Å². The largest absolute Gasteiger partial charge is 0.506 e. The molecule has 0 saturated carbocycles. The molecular weight excluding hydrogens is 418 g/mol. The van der Waals surface area contributed by atoms with E-state index in [1.165, 1.54) is 23.1 Å². The first-order chi connectivity index (χ1) is 15.4. The zero-order valence-electron chi connectivity index (χ0n) is 17.2. The number of carbonyl (C=O) groups excluding carboxylic acids is 1. The van der Waals surface area contributed by atoms with Gasteiger partial charge in [-0.2, -0.15) is 10.1 Å². The molecule has 1 amide bonds. The molecule has 4 heterocycles. The van der Waals surface area contributed by atoms with Crippen molar-refractivity contribution in [3.05, 3.63) is 59.8 Å². The fraction of sp³-hybridized carbons (Fsp3) is 0.318. The van der Waals surface area contributed by atoms with Gasteiger partial charge in [0, 0.05) is 30.6 Å². The third-order valence-corrected chi connectivity index (χ3v) is 6.13. The van der Waals surface area contributed by atoms with Crippen LogP contribution in [0.4, 0.5) is 8.78 Å². The lowest BCUT2D eigenvalue weighted by molar-refractivity contribution is 0.0662. The normalized spacial score (nSPS) is 19.2. The van der Waals surface area contributed by atoms with Crippen LogP contribution in [0.25, 0.3) is 16.7 Å². The van der Waals surface area contributed by atoms with Crippen molar-refractivity contribution in [1.82, 2.24) is 29.5 Å². The maximum absolute atomic E-state index is 13.4. The monoisotopic (exact) mass is 438 g/mol. The zero-order valence-corrected chi connectivity index (χ0v) is 17.2. The predicted octanol–water partition coefficient (Wildman–Crippen LogP) is 3.58. The van der Waals surface area contributed by atoms with Crippen molar-refractivity contribution < 1.29 is 18.7 Å². The van der Waals surface area contributed by atoms with Crippen molar-refractivity contribution >= 4 is 22.6 Å². The van der Waals surface area contributed by atoms with Crippen LogP contribution in [0.3, 0.4) is 0 Å². The summed E-state index contributed by atoms with van der Waals surface area (Å²) in [5, 5.41) is 15.3. The average molecular weight is 438 g/mol. The summed E-state index contributed by atoms with van der Waals surface area (Å²) < 4.78 is 28.3. The molecule has 1 fully saturated rings. The van der Waals surface area contributed by atoms with E-state index in [-0.39, 0.29) is 47.1 Å². The fourth-order valence-electron chi connectivity index (χ4n) is 4.32. The van der Waals surface area contributed by atoms with Crippen LogP contribution in [0.1, 0.15) is 47.4 Å². The summed E-state index contributed by atoms with van der Waals surface area (Å²) in [6, 6.07) is 8.38. The van der Waals surface area contributed by atoms with E-state index in [0.29, 0.717) is 29.6 Å². The summed E-state index contributed by atoms with van der Waals surface area (Å²) in [4.78, 5) is 27.1. The van der Waals surface area contributed by atoms with Gasteiger partial charge in [0.05, 0.1) is 11.2 Å². The molecule has 1 aliphatic rings. The highest BCUT2D eigenvalue weighted by Gasteiger charge is 2.34. The second-order valence-electron chi connectivity index (χ2n) is 8.04. The number of benzene rings is 1. The van der Waals surface area contributed by atoms with Crippen LogP contribution in [0.15, 0.2) is 42.9 Å². The number of nitrogens with zero attached hydrogens (tertiary/aromatic N) is 6. The lowest BCUT2D eigenvalue weighted by Crippen LogP contribution is -2.42. The van der Waals surface area contributed by atoms with E-state index in [9.17, 15) is 18.7 Å². The van der Waals surface area contributed by atoms with Crippen LogP contribution in [0, 0.1) is 5.92 Å². The van der Waals surface area contributed by atoms with Gasteiger partial charge in [-0.1, -0.05) is 19.1 Å². The van der Waals surface area contributed by atoms with E-state index in [4.69, 9.17) is 0 Å². The second kappa shape index (κ2) is 7.77. The molecule has 0 radical (unpaired) electrons. The molecule has 1 saturated heterocycles. The molecule has 0 bridgehead atoms. The Morgan fingerprint density at radius 2 is 2.06 bits per heavy atom. The number of aromatic nitrogens is 5. The molecule has 32 heavy (non-hydrogen) atoms. The van der Waals surface area contributed by atoms with E-state index < -0.39 is 6.43 Å². The molecule has 0 spiro atoms. The molecule has 164 valence electrons. The highest BCUT2D eigenvalue weighted by molar-refractivity contribution is 6.02. The van der Waals surface area contributed by atoms with Gasteiger partial charge in [-0.15, -0.1) is 0 Å². The third kappa shape index (κ3) is 3.31. The summed E-state index contributed by atoms with van der Waals surface area (Å²) >= 11 is 0. The maximum Gasteiger partial charge on any atom is 0.280 e. The minimum Gasteiger partial charge on any atom is -0.506 e. The van der Waals surface area contributed by atoms with E-state index in [0.717, 1.165) is 0 Å². The number of pyridine rings is 1. The summed E-state index contributed by atoms with van der Waals surface area (Å²) in [6.07, 6.45) is 0.578. The number of hydrogen-bond acceptors (Lipinski definition) is 6. The molecule has 3 aromatic heterocycles. The van der Waals surface area contributed by atoms with Gasteiger partial charge < -0.3 is 10.0 Å². The SMILES string of the molecule is C[C@@H]1CCN(C(=O)c2cnc3ccccc3c2O)C[C@H]1c1cc(C(F)F)nc2ncnn12. The van der Waals surface area contributed by atoms with E-state index in [1.807, 2.05) is 6.92 Å². The van der Waals surface area contributed by atoms with Crippen molar-refractivity contribution in [3.63, 3.8) is 0 Å². The Kier molecular flexibility index (Phi) is 4.91. The first kappa shape index (κ1) is 20.2. The van der Waals surface area contributed by atoms with Crippen molar-refractivity contribution in [1.29, 1.82) is 0 Å². The van der Waals surface area contributed by atoms with Gasteiger partial charge in [0.25, 0.3) is 18.1 Å². The van der Waals surface area contributed by atoms with E-state index >= 15 is 0 Å². The number of para-hydroxylation sites is 1. The number of aromatic hydroxyl groups is 1. The molecule has 1 aromatic carbocycles. The van der Waals surface area contributed by atoms with Gasteiger partial charge in [0.2, 0.25) is 0 Å². The smallest absolute Gasteiger partial charge is 0.280 e. The molecular formula is C22H20F2N6O2. The van der Waals surface area contributed by atoms with Crippen molar-refractivity contribution in [2.75, 3.05) is 13.1 Å². The number of hydrogen-bond donors (Lipinski definition) is 1. The summed E-state index contributed by atoms with van der Waals surface area (Å²) in [5.41, 5.74) is 0.878. The van der Waals surface area contributed by atoms with Gasteiger partial charge in [0.1, 0.15) is 23.3 Å². The number of fused-ring (bicyclic) bond motifs is 2. The topological polar surface area (TPSA) is 96.5 Å². The maximum atomic E-state index is 13.4. The number of piperidine rings is 1. The van der Waals surface area contributed by atoms with Crippen molar-refractivity contribution in [2.45, 2.75) is 25.7 Å². The molecule has 1 aliphatic heterocycles. The molecule has 0 aliphatic carbocycles. The molecule has 1 N–H and O–H groups in total. The Bertz CT molecular complexity index is 1320. The molecule has 4 aromatic rings. The van der Waals surface area contributed by atoms with Crippen LogP contribution in [-0.2, 0) is 0 Å². The number of likely N-dealkylation sites (tertiary alicyclic amines) is 1. The standard InChI is InChI=1S/C22H20F2N6O2/c1-12-6-7-29(21(32)14-9-25-16-5-3-2-4-13(16)19(14)31)10-15(12)18-8-17(20(23)24)28-22-26-11-27-30(18)22/h2-5,8-9,11-12,15,20H,6-7,10H2,1H3,(H,25,31)/t12-,15-/m1/s1. The average Bonchev–Trinajstić information content (AvgIpc) is 3.28. The first-order valence-corrected chi connectivity index (χ1v) is 10.3. The molecule has 0 unspecified atom stereocenters. The van der Waals surface area contributed by atoms with Crippen LogP contribution in [0.5, 0.6) is 5.75 Å². The van der Waals surface area contributed by atoms with Crippen LogP contribution in [-0.4, -0.2) is 53.6 Å². The Morgan fingerprint density at radius 1 is 1.25 bits per heavy atom. The highest BCUT2D eigenvalue weighted by atomic mass is 19.3. The molecule has 2 atom stereocenters. The van der Waals surface area contributed by atoms with Crippen LogP contribution in [0.2, 0.25) is 0 Å². The second-order valence-corrected chi connectivity index (χ2v) is 8.04. The fourth-order valence-corrected chi connectivity index (χ4v) is 4.32. The Balaban J connectivity index is 1.51. The third-order valence-electron chi connectivity index (χ3n) is 6.13. The van der Waals surface area contributed by atoms with Gasteiger partial charge in [-0.3, -0.25) is 9.78 Å². The number of amides is 1. The summed E-state index contributed by atoms with van der Waals surface area (Å²) in [5.74, 6) is -0.505. The van der Waals surface area contributed by atoms with Gasteiger partial charge >= 0.3 is 0 Å². The summed E-state index contributed by atoms with van der Waals surface area (Å²) in [6.45, 7) is 2.79. The predicted molar refractivity (Wildman–Crippen MR) is 112 cm³/mol. The molecule has 5 rings (SSSR count). The number of carbonyl (C=O) groups is 1. The van der Waals surface area contributed by atoms with E-state index in [2.05, 4.69) is 20.1 Å². The first-order valence-electron chi connectivity index (χ1n) is 10.3. The van der Waals surface area contributed by atoms with Crippen LogP contribution < -0.4 is 0 Å². The Morgan fingerprint density at radius 3 is 2.88 bits per heavy atom. The lowest BCUT2D eigenvalue weighted by Gasteiger charge is -2.37. The van der Waals surface area contributed by atoms with Gasteiger partial charge in [-0.25, -0.2) is 18.3 Å². The number of alkyl halides is 2.